The van der Waals surface area contributed by atoms with Crippen LogP contribution in [0, 0.1) is 6.92 Å². The van der Waals surface area contributed by atoms with Crippen LogP contribution < -0.4 is 10.0 Å². The van der Waals surface area contributed by atoms with Crippen LogP contribution in [-0.2, 0) is 21.2 Å². The summed E-state index contributed by atoms with van der Waals surface area (Å²) in [7, 11) is -3.88. The number of carbonyl (C=O) groups excluding carboxylic acids is 1. The average molecular weight is 430 g/mol. The quantitative estimate of drug-likeness (QED) is 0.771. The Balaban J connectivity index is 2.05. The van der Waals surface area contributed by atoms with Gasteiger partial charge in [-0.25, -0.2) is 8.42 Å². The highest BCUT2D eigenvalue weighted by atomic mass is 79.9. The Bertz CT molecular complexity index is 945. The Labute approximate surface area is 153 Å². The number of benzene rings is 2. The average Bonchev–Trinajstić information content (AvgIpc) is 2.50. The molecule has 0 radical (unpaired) electrons. The van der Waals surface area contributed by atoms with Gasteiger partial charge in [0.25, 0.3) is 10.0 Å². The summed E-state index contributed by atoms with van der Waals surface area (Å²) in [4.78, 5) is 11.7. The molecule has 8 heteroatoms. The topological polar surface area (TPSA) is 75.3 Å². The number of halogens is 2. The van der Waals surface area contributed by atoms with Gasteiger partial charge < -0.3 is 5.32 Å². The first-order valence-electron chi connectivity index (χ1n) is 7.17. The summed E-state index contributed by atoms with van der Waals surface area (Å²) in [5, 5.41) is 3.14. The van der Waals surface area contributed by atoms with Gasteiger partial charge in [-0.1, -0.05) is 33.6 Å². The number of hydrogen-bond acceptors (Lipinski definition) is 3. The van der Waals surface area contributed by atoms with E-state index >= 15 is 0 Å². The molecule has 0 unspecified atom stereocenters. The molecule has 2 aromatic rings. The summed E-state index contributed by atoms with van der Waals surface area (Å²) < 4.78 is 28.8. The van der Waals surface area contributed by atoms with Gasteiger partial charge in [-0.2, -0.15) is 0 Å². The molecule has 0 saturated heterocycles. The van der Waals surface area contributed by atoms with Gasteiger partial charge in [-0.3, -0.25) is 9.52 Å². The zero-order valence-corrected chi connectivity index (χ0v) is 15.8. The number of carbonyl (C=O) groups is 1. The van der Waals surface area contributed by atoms with Crippen molar-refractivity contribution >= 4 is 54.8 Å². The highest BCUT2D eigenvalue weighted by Crippen LogP contribution is 2.34. The molecular weight excluding hydrogens is 416 g/mol. The number of fused-ring (bicyclic) bond motifs is 1. The first kappa shape index (κ1) is 17.3. The van der Waals surface area contributed by atoms with Gasteiger partial charge in [0, 0.05) is 15.9 Å². The summed E-state index contributed by atoms with van der Waals surface area (Å²) in [6.07, 6.45) is 0.837. The lowest BCUT2D eigenvalue weighted by molar-refractivity contribution is -0.116. The van der Waals surface area contributed by atoms with Crippen molar-refractivity contribution < 1.29 is 13.2 Å². The van der Waals surface area contributed by atoms with Gasteiger partial charge in [0.05, 0.1) is 11.4 Å². The molecule has 24 heavy (non-hydrogen) atoms. The summed E-state index contributed by atoms with van der Waals surface area (Å²) in [5.74, 6) is -0.195. The summed E-state index contributed by atoms with van der Waals surface area (Å²) >= 11 is 9.38. The van der Waals surface area contributed by atoms with Crippen molar-refractivity contribution in [1.29, 1.82) is 0 Å². The van der Waals surface area contributed by atoms with E-state index in [0.717, 1.165) is 11.1 Å². The van der Waals surface area contributed by atoms with Crippen LogP contribution in [0.15, 0.2) is 39.7 Å². The van der Waals surface area contributed by atoms with E-state index < -0.39 is 10.0 Å². The Kier molecular flexibility index (Phi) is 4.59. The molecule has 2 aromatic carbocycles. The predicted octanol–water partition coefficient (Wildman–Crippen LogP) is 4.10. The van der Waals surface area contributed by atoms with Crippen molar-refractivity contribution in [3.63, 3.8) is 0 Å². The molecule has 126 valence electrons. The molecule has 5 nitrogen and oxygen atoms in total. The fourth-order valence-corrected chi connectivity index (χ4v) is 4.62. The number of hydrogen-bond donors (Lipinski definition) is 2. The SMILES string of the molecule is Cc1ccc(NS(=O)(=O)c2cc(Br)cc3c2NC(=O)CC3)cc1Cl. The Morgan fingerprint density at radius 2 is 1.96 bits per heavy atom. The Morgan fingerprint density at radius 1 is 1.21 bits per heavy atom. The predicted molar refractivity (Wildman–Crippen MR) is 98.1 cm³/mol. The number of anilines is 2. The van der Waals surface area contributed by atoms with Gasteiger partial charge in [-0.15, -0.1) is 0 Å². The number of amides is 1. The first-order valence-corrected chi connectivity index (χ1v) is 9.83. The second-order valence-corrected chi connectivity index (χ2v) is 8.53. The van der Waals surface area contributed by atoms with Crippen LogP contribution in [-0.4, -0.2) is 14.3 Å². The number of rotatable bonds is 3. The molecule has 0 atom stereocenters. The van der Waals surface area contributed by atoms with E-state index in [2.05, 4.69) is 26.0 Å². The van der Waals surface area contributed by atoms with Crippen LogP contribution >= 0.6 is 27.5 Å². The van der Waals surface area contributed by atoms with Crippen LogP contribution in [0.1, 0.15) is 17.5 Å². The molecule has 0 saturated carbocycles. The maximum atomic E-state index is 12.8. The van der Waals surface area contributed by atoms with Crippen molar-refractivity contribution in [1.82, 2.24) is 0 Å². The smallest absolute Gasteiger partial charge is 0.264 e. The lowest BCUT2D eigenvalue weighted by Gasteiger charge is -2.21. The van der Waals surface area contributed by atoms with Crippen LogP contribution in [0.4, 0.5) is 11.4 Å². The van der Waals surface area contributed by atoms with E-state index in [1.807, 2.05) is 13.0 Å². The number of nitrogens with one attached hydrogen (secondary N) is 2. The third-order valence-electron chi connectivity index (χ3n) is 3.75. The first-order chi connectivity index (χ1) is 11.3. The third-order valence-corrected chi connectivity index (χ3v) is 6.02. The van der Waals surface area contributed by atoms with Crippen molar-refractivity contribution in [2.75, 3.05) is 10.0 Å². The summed E-state index contributed by atoms with van der Waals surface area (Å²) in [5.41, 5.74) is 2.33. The molecule has 1 aliphatic heterocycles. The van der Waals surface area contributed by atoms with Crippen LogP contribution in [0.2, 0.25) is 5.02 Å². The van der Waals surface area contributed by atoms with Crippen LogP contribution in [0.3, 0.4) is 0 Å². The lowest BCUT2D eigenvalue weighted by atomic mass is 10.0. The standard InChI is InChI=1S/C16H14BrClN2O3S/c1-9-2-4-12(8-13(9)18)20-24(22,23)14-7-11(17)6-10-3-5-15(21)19-16(10)14/h2,4,6-8,20H,3,5H2,1H3,(H,19,21). The Hall–Kier alpha value is -1.57. The van der Waals surface area contributed by atoms with Crippen LogP contribution in [0.25, 0.3) is 0 Å². The van der Waals surface area contributed by atoms with Gasteiger partial charge in [0.15, 0.2) is 0 Å². The third kappa shape index (κ3) is 3.43. The van der Waals surface area contributed by atoms with E-state index in [9.17, 15) is 13.2 Å². The maximum absolute atomic E-state index is 12.8. The lowest BCUT2D eigenvalue weighted by Crippen LogP contribution is -2.23. The molecule has 2 N–H and O–H groups in total. The number of sulfonamides is 1. The molecule has 1 amide bonds. The van der Waals surface area contributed by atoms with E-state index in [1.54, 1.807) is 18.2 Å². The summed E-state index contributed by atoms with van der Waals surface area (Å²) in [6, 6.07) is 8.22. The molecule has 0 aliphatic carbocycles. The van der Waals surface area contributed by atoms with Gasteiger partial charge >= 0.3 is 0 Å². The highest BCUT2D eigenvalue weighted by molar-refractivity contribution is 9.10. The molecular formula is C16H14BrClN2O3S. The molecule has 0 aromatic heterocycles. The highest BCUT2D eigenvalue weighted by Gasteiger charge is 2.26. The minimum Gasteiger partial charge on any atom is -0.325 e. The van der Waals surface area contributed by atoms with Gasteiger partial charge in [-0.05, 0) is 48.7 Å². The normalized spacial score (nSPS) is 14.0. The monoisotopic (exact) mass is 428 g/mol. The second-order valence-electron chi connectivity index (χ2n) is 5.56. The van der Waals surface area contributed by atoms with Crippen molar-refractivity contribution in [2.45, 2.75) is 24.7 Å². The molecule has 0 spiro atoms. The van der Waals surface area contributed by atoms with Gasteiger partial charge in [0.2, 0.25) is 5.91 Å². The minimum atomic E-state index is -3.88. The van der Waals surface area contributed by atoms with E-state index in [4.69, 9.17) is 11.6 Å². The fraction of sp³-hybridized carbons (Fsp3) is 0.188. The van der Waals surface area contributed by atoms with Crippen LogP contribution in [0.5, 0.6) is 0 Å². The largest absolute Gasteiger partial charge is 0.325 e. The van der Waals surface area contributed by atoms with E-state index in [0.29, 0.717) is 33.7 Å². The molecule has 3 rings (SSSR count). The fourth-order valence-electron chi connectivity index (χ4n) is 2.50. The molecule has 1 heterocycles. The van der Waals surface area contributed by atoms with Crippen molar-refractivity contribution in [3.05, 3.63) is 51.0 Å². The maximum Gasteiger partial charge on any atom is 0.264 e. The zero-order chi connectivity index (χ0) is 17.5. The van der Waals surface area contributed by atoms with Crippen molar-refractivity contribution in [2.24, 2.45) is 0 Å². The van der Waals surface area contributed by atoms with Gasteiger partial charge in [0.1, 0.15) is 4.90 Å². The zero-order valence-electron chi connectivity index (χ0n) is 12.7. The van der Waals surface area contributed by atoms with E-state index in [-0.39, 0.29) is 10.8 Å². The van der Waals surface area contributed by atoms with Crippen molar-refractivity contribution in [3.8, 4) is 0 Å². The molecule has 0 fully saturated rings. The molecule has 1 aliphatic rings. The number of aryl methyl sites for hydroxylation is 2. The Morgan fingerprint density at radius 3 is 2.67 bits per heavy atom. The molecule has 0 bridgehead atoms. The van der Waals surface area contributed by atoms with E-state index in [1.165, 1.54) is 6.07 Å². The minimum absolute atomic E-state index is 0.0247. The summed E-state index contributed by atoms with van der Waals surface area (Å²) in [6.45, 7) is 1.83. The second kappa shape index (κ2) is 6.38.